The molecule has 0 saturated carbocycles. The number of carbonyl (C=O) groups excluding carboxylic acids is 1. The molecular formula is C19H16ClN3O2S. The van der Waals surface area contributed by atoms with E-state index in [-0.39, 0.29) is 5.97 Å². The summed E-state index contributed by atoms with van der Waals surface area (Å²) in [5.41, 5.74) is 2.72. The highest BCUT2D eigenvalue weighted by Crippen LogP contribution is 2.52. The minimum absolute atomic E-state index is 0.299. The first-order chi connectivity index (χ1) is 12.6. The van der Waals surface area contributed by atoms with Crippen molar-refractivity contribution in [3.05, 3.63) is 64.6 Å². The molecule has 1 aromatic heterocycles. The summed E-state index contributed by atoms with van der Waals surface area (Å²) in [5.74, 6) is -0.381. The van der Waals surface area contributed by atoms with E-state index in [1.807, 2.05) is 48.2 Å². The molecule has 0 fully saturated rings. The minimum atomic E-state index is -0.434. The van der Waals surface area contributed by atoms with Crippen molar-refractivity contribution < 1.29 is 9.53 Å². The Morgan fingerprint density at radius 1 is 1.31 bits per heavy atom. The lowest BCUT2D eigenvalue weighted by atomic mass is 9.97. The van der Waals surface area contributed by atoms with E-state index < -0.39 is 6.04 Å². The van der Waals surface area contributed by atoms with Gasteiger partial charge in [0.15, 0.2) is 5.17 Å². The number of benzene rings is 1. The number of pyridine rings is 1. The maximum Gasteiger partial charge on any atom is 0.338 e. The fourth-order valence-corrected chi connectivity index (χ4v) is 4.64. The van der Waals surface area contributed by atoms with Crippen molar-refractivity contribution in [1.29, 1.82) is 0 Å². The Labute approximate surface area is 160 Å². The van der Waals surface area contributed by atoms with Gasteiger partial charge in [0.25, 0.3) is 0 Å². The highest BCUT2D eigenvalue weighted by Gasteiger charge is 2.43. The van der Waals surface area contributed by atoms with Crippen LogP contribution in [0.15, 0.2) is 63.8 Å². The summed E-state index contributed by atoms with van der Waals surface area (Å²) in [7, 11) is 0. The van der Waals surface area contributed by atoms with Gasteiger partial charge in [0, 0.05) is 11.1 Å². The van der Waals surface area contributed by atoms with E-state index >= 15 is 0 Å². The lowest BCUT2D eigenvalue weighted by Crippen LogP contribution is -2.38. The summed E-state index contributed by atoms with van der Waals surface area (Å²) in [6.45, 7) is 3.92. The predicted octanol–water partition coefficient (Wildman–Crippen LogP) is 4.60. The van der Waals surface area contributed by atoms with E-state index in [0.29, 0.717) is 22.9 Å². The number of amidine groups is 1. The van der Waals surface area contributed by atoms with E-state index in [4.69, 9.17) is 16.3 Å². The molecule has 4 rings (SSSR count). The summed E-state index contributed by atoms with van der Waals surface area (Å²) in [6.07, 6.45) is 1.72. The van der Waals surface area contributed by atoms with Crippen LogP contribution in [0.5, 0.6) is 0 Å². The summed E-state index contributed by atoms with van der Waals surface area (Å²) in [6, 6.07) is 11.0. The van der Waals surface area contributed by atoms with Gasteiger partial charge in [-0.05, 0) is 49.9 Å². The normalized spacial score (nSPS) is 18.3. The topological polar surface area (TPSA) is 54.8 Å². The zero-order valence-corrected chi connectivity index (χ0v) is 15.8. The van der Waals surface area contributed by atoms with E-state index in [1.165, 1.54) is 0 Å². The quantitative estimate of drug-likeness (QED) is 0.723. The molecule has 0 saturated heterocycles. The molecule has 2 aromatic rings. The highest BCUT2D eigenvalue weighted by molar-refractivity contribution is 8.14. The van der Waals surface area contributed by atoms with Crippen LogP contribution in [0.4, 0.5) is 5.69 Å². The Morgan fingerprint density at radius 3 is 2.88 bits per heavy atom. The van der Waals surface area contributed by atoms with Gasteiger partial charge < -0.3 is 9.64 Å². The first-order valence-corrected chi connectivity index (χ1v) is 9.44. The molecule has 0 spiro atoms. The fraction of sp³-hybridized carbons (Fsp3) is 0.211. The lowest BCUT2D eigenvalue weighted by molar-refractivity contribution is -0.138. The van der Waals surface area contributed by atoms with E-state index in [2.05, 4.69) is 9.98 Å². The molecule has 0 aliphatic carbocycles. The number of para-hydroxylation sites is 1. The molecule has 2 aliphatic rings. The molecule has 2 aliphatic heterocycles. The predicted molar refractivity (Wildman–Crippen MR) is 104 cm³/mol. The van der Waals surface area contributed by atoms with Crippen molar-refractivity contribution in [2.45, 2.75) is 24.8 Å². The second-order valence-corrected chi connectivity index (χ2v) is 7.25. The van der Waals surface area contributed by atoms with Crippen molar-refractivity contribution in [2.24, 2.45) is 4.99 Å². The molecule has 26 heavy (non-hydrogen) atoms. The number of ether oxygens (including phenoxy) is 1. The van der Waals surface area contributed by atoms with Gasteiger partial charge in [-0.3, -0.25) is 4.98 Å². The smallest absolute Gasteiger partial charge is 0.338 e. The molecule has 3 heterocycles. The van der Waals surface area contributed by atoms with Crippen molar-refractivity contribution in [2.75, 3.05) is 11.5 Å². The van der Waals surface area contributed by atoms with Gasteiger partial charge in [-0.1, -0.05) is 23.7 Å². The number of thioether (sulfide) groups is 1. The van der Waals surface area contributed by atoms with Crippen LogP contribution in [0.3, 0.4) is 0 Å². The number of aromatic nitrogens is 1. The number of hydrogen-bond acceptors (Lipinski definition) is 6. The van der Waals surface area contributed by atoms with Crippen LogP contribution in [0.2, 0.25) is 5.02 Å². The Kier molecular flexibility index (Phi) is 4.46. The van der Waals surface area contributed by atoms with E-state index in [1.54, 1.807) is 24.9 Å². The van der Waals surface area contributed by atoms with Crippen molar-refractivity contribution in [3.63, 3.8) is 0 Å². The van der Waals surface area contributed by atoms with Crippen LogP contribution < -0.4 is 4.90 Å². The standard InChI is InChI=1S/C19H16ClN3O2S/c1-3-25-18(24)15-11(2)22-19-23(17(15)13-8-4-5-10-21-13)16-12(20)7-6-9-14(16)26-19/h4-10,17H,3H2,1-2H3. The molecule has 5 nitrogen and oxygen atoms in total. The molecule has 0 N–H and O–H groups in total. The number of allylic oxidation sites excluding steroid dienone is 1. The van der Waals surface area contributed by atoms with Gasteiger partial charge in [0.05, 0.1) is 34.3 Å². The Bertz CT molecular complexity index is 943. The average Bonchev–Trinajstić information content (AvgIpc) is 3.00. The Morgan fingerprint density at radius 2 is 2.15 bits per heavy atom. The first kappa shape index (κ1) is 17.1. The molecule has 0 radical (unpaired) electrons. The summed E-state index contributed by atoms with van der Waals surface area (Å²) in [5, 5.41) is 1.40. The number of rotatable bonds is 3. The number of esters is 1. The number of hydrogen-bond donors (Lipinski definition) is 0. The molecular weight excluding hydrogens is 370 g/mol. The first-order valence-electron chi connectivity index (χ1n) is 8.25. The third kappa shape index (κ3) is 2.70. The van der Waals surface area contributed by atoms with E-state index in [9.17, 15) is 4.79 Å². The van der Waals surface area contributed by atoms with Gasteiger partial charge in [0.1, 0.15) is 6.04 Å². The van der Waals surface area contributed by atoms with Gasteiger partial charge >= 0.3 is 5.97 Å². The van der Waals surface area contributed by atoms with Crippen molar-refractivity contribution >= 4 is 40.2 Å². The van der Waals surface area contributed by atoms with Crippen molar-refractivity contribution in [3.8, 4) is 0 Å². The summed E-state index contributed by atoms with van der Waals surface area (Å²) < 4.78 is 5.31. The van der Waals surface area contributed by atoms with Crippen LogP contribution in [-0.4, -0.2) is 22.7 Å². The van der Waals surface area contributed by atoms with Gasteiger partial charge in [-0.25, -0.2) is 9.79 Å². The van der Waals surface area contributed by atoms with E-state index in [0.717, 1.165) is 21.4 Å². The Balaban J connectivity index is 1.93. The van der Waals surface area contributed by atoms with Gasteiger partial charge in [-0.2, -0.15) is 0 Å². The molecule has 1 unspecified atom stereocenters. The van der Waals surface area contributed by atoms with Crippen LogP contribution in [-0.2, 0) is 9.53 Å². The van der Waals surface area contributed by atoms with Crippen LogP contribution in [0.1, 0.15) is 25.6 Å². The van der Waals surface area contributed by atoms with Crippen LogP contribution in [0, 0.1) is 0 Å². The zero-order chi connectivity index (χ0) is 18.3. The number of anilines is 1. The van der Waals surface area contributed by atoms with Crippen molar-refractivity contribution in [1.82, 2.24) is 4.98 Å². The second kappa shape index (κ2) is 6.78. The van der Waals surface area contributed by atoms with Crippen LogP contribution in [0.25, 0.3) is 0 Å². The Hall–Kier alpha value is -2.31. The second-order valence-electron chi connectivity index (χ2n) is 5.83. The maximum absolute atomic E-state index is 12.7. The highest BCUT2D eigenvalue weighted by atomic mass is 35.5. The lowest BCUT2D eigenvalue weighted by Gasteiger charge is -2.34. The average molecular weight is 386 g/mol. The number of aliphatic imine (C=N–C) groups is 1. The number of halogens is 1. The number of carbonyl (C=O) groups is 1. The molecule has 0 bridgehead atoms. The third-order valence-corrected chi connectivity index (χ3v) is 5.57. The SMILES string of the molecule is CCOC(=O)C1=C(C)N=C2Sc3cccc(Cl)c3N2C1c1ccccn1. The number of nitrogens with zero attached hydrogens (tertiary/aromatic N) is 3. The van der Waals surface area contributed by atoms with Crippen LogP contribution >= 0.6 is 23.4 Å². The molecule has 0 amide bonds. The summed E-state index contributed by atoms with van der Waals surface area (Å²) >= 11 is 8.05. The zero-order valence-electron chi connectivity index (χ0n) is 14.3. The third-order valence-electron chi connectivity index (χ3n) is 4.25. The summed E-state index contributed by atoms with van der Waals surface area (Å²) in [4.78, 5) is 24.9. The molecule has 132 valence electrons. The minimum Gasteiger partial charge on any atom is -0.463 e. The molecule has 7 heteroatoms. The van der Waals surface area contributed by atoms with Gasteiger partial charge in [0.2, 0.25) is 0 Å². The fourth-order valence-electron chi connectivity index (χ4n) is 3.19. The molecule has 1 aromatic carbocycles. The van der Waals surface area contributed by atoms with Gasteiger partial charge in [-0.15, -0.1) is 0 Å². The number of fused-ring (bicyclic) bond motifs is 3. The molecule has 1 atom stereocenters. The monoisotopic (exact) mass is 385 g/mol. The maximum atomic E-state index is 12.7. The largest absolute Gasteiger partial charge is 0.463 e.